The molecule has 0 aromatic carbocycles. The lowest BCUT2D eigenvalue weighted by Crippen LogP contribution is -2.30. The van der Waals surface area contributed by atoms with E-state index in [1.54, 1.807) is 12.1 Å². The fourth-order valence-electron chi connectivity index (χ4n) is 2.14. The molecule has 0 radical (unpaired) electrons. The van der Waals surface area contributed by atoms with Gasteiger partial charge in [-0.1, -0.05) is 11.6 Å². The topological polar surface area (TPSA) is 45.2 Å². The maximum Gasteiger partial charge on any atom is 0.272 e. The van der Waals surface area contributed by atoms with Gasteiger partial charge in [0.2, 0.25) is 0 Å². The molecule has 1 aromatic heterocycles. The zero-order valence-electron chi connectivity index (χ0n) is 10.6. The number of hydrogen-bond acceptors (Lipinski definition) is 3. The van der Waals surface area contributed by atoms with Crippen molar-refractivity contribution in [2.24, 2.45) is 5.92 Å². The minimum Gasteiger partial charge on any atom is -0.337 e. The second kappa shape index (κ2) is 8.59. The Hall–Kier alpha value is -0.550. The van der Waals surface area contributed by atoms with Crippen LogP contribution in [0.1, 0.15) is 16.9 Å². The fourth-order valence-corrected chi connectivity index (χ4v) is 2.25. The van der Waals surface area contributed by atoms with Crippen LogP contribution in [0.15, 0.2) is 18.3 Å². The summed E-state index contributed by atoms with van der Waals surface area (Å²) in [4.78, 5) is 18.0. The summed E-state index contributed by atoms with van der Waals surface area (Å²) in [5, 5.41) is 3.70. The van der Waals surface area contributed by atoms with E-state index >= 15 is 0 Å². The molecule has 1 unspecified atom stereocenters. The van der Waals surface area contributed by atoms with E-state index in [0.717, 1.165) is 26.1 Å². The standard InChI is InChI=1S/C12H16ClN3O.2ClH/c1-14-6-9-4-5-16(8-9)12(17)11-3-2-10(13)7-15-11;;/h2-3,7,9,14H,4-6,8H2,1H3;2*1H. The SMILES string of the molecule is CNCC1CCN(C(=O)c2ccc(Cl)cn2)C1.Cl.Cl. The van der Waals surface area contributed by atoms with E-state index in [2.05, 4.69) is 10.3 Å². The first-order valence-corrected chi connectivity index (χ1v) is 6.14. The number of likely N-dealkylation sites (tertiary alicyclic amines) is 1. The number of nitrogens with one attached hydrogen (secondary N) is 1. The molecule has 1 amide bonds. The van der Waals surface area contributed by atoms with Gasteiger partial charge in [0.25, 0.3) is 5.91 Å². The van der Waals surface area contributed by atoms with E-state index in [1.165, 1.54) is 6.20 Å². The Morgan fingerprint density at radius 1 is 1.53 bits per heavy atom. The molecule has 1 N–H and O–H groups in total. The van der Waals surface area contributed by atoms with Crippen molar-refractivity contribution < 1.29 is 4.79 Å². The van der Waals surface area contributed by atoms with Gasteiger partial charge in [0.15, 0.2) is 0 Å². The number of carbonyl (C=O) groups excluding carboxylic acids is 1. The summed E-state index contributed by atoms with van der Waals surface area (Å²) in [7, 11) is 1.94. The van der Waals surface area contributed by atoms with Gasteiger partial charge in [0, 0.05) is 19.3 Å². The number of pyridine rings is 1. The molecule has 19 heavy (non-hydrogen) atoms. The average molecular weight is 327 g/mol. The number of carbonyl (C=O) groups is 1. The van der Waals surface area contributed by atoms with Crippen LogP contribution in [0, 0.1) is 5.92 Å². The number of halogens is 3. The summed E-state index contributed by atoms with van der Waals surface area (Å²) in [5.74, 6) is 0.552. The van der Waals surface area contributed by atoms with Crippen molar-refractivity contribution >= 4 is 42.3 Å². The third kappa shape index (κ3) is 4.80. The van der Waals surface area contributed by atoms with Crippen LogP contribution >= 0.6 is 36.4 Å². The maximum atomic E-state index is 12.1. The van der Waals surface area contributed by atoms with Crippen molar-refractivity contribution in [2.45, 2.75) is 6.42 Å². The predicted molar refractivity (Wildman–Crippen MR) is 81.7 cm³/mol. The highest BCUT2D eigenvalue weighted by atomic mass is 35.5. The highest BCUT2D eigenvalue weighted by molar-refractivity contribution is 6.30. The predicted octanol–water partition coefficient (Wildman–Crippen LogP) is 2.26. The van der Waals surface area contributed by atoms with E-state index in [1.807, 2.05) is 11.9 Å². The van der Waals surface area contributed by atoms with Gasteiger partial charge in [0.05, 0.1) is 5.02 Å². The Kier molecular flexibility index (Phi) is 8.34. The molecular weight excluding hydrogens is 309 g/mol. The molecule has 0 aliphatic carbocycles. The van der Waals surface area contributed by atoms with Crippen LogP contribution in [0.5, 0.6) is 0 Å². The van der Waals surface area contributed by atoms with Crippen LogP contribution in [-0.4, -0.2) is 42.5 Å². The number of nitrogens with zero attached hydrogens (tertiary/aromatic N) is 2. The van der Waals surface area contributed by atoms with Gasteiger partial charge in [-0.25, -0.2) is 4.98 Å². The average Bonchev–Trinajstić information content (AvgIpc) is 2.78. The van der Waals surface area contributed by atoms with Gasteiger partial charge >= 0.3 is 0 Å². The smallest absolute Gasteiger partial charge is 0.272 e. The van der Waals surface area contributed by atoms with Crippen LogP contribution in [-0.2, 0) is 0 Å². The van der Waals surface area contributed by atoms with Gasteiger partial charge in [-0.3, -0.25) is 4.79 Å². The Bertz CT molecular complexity index is 400. The van der Waals surface area contributed by atoms with Crippen molar-refractivity contribution in [1.82, 2.24) is 15.2 Å². The number of amides is 1. The van der Waals surface area contributed by atoms with E-state index in [9.17, 15) is 4.79 Å². The summed E-state index contributed by atoms with van der Waals surface area (Å²) in [5.41, 5.74) is 0.472. The molecule has 2 heterocycles. The molecule has 7 heteroatoms. The van der Waals surface area contributed by atoms with Crippen molar-refractivity contribution in [3.8, 4) is 0 Å². The highest BCUT2D eigenvalue weighted by Gasteiger charge is 2.26. The Labute approximate surface area is 130 Å². The zero-order valence-corrected chi connectivity index (χ0v) is 13.0. The third-order valence-electron chi connectivity index (χ3n) is 3.01. The first-order valence-electron chi connectivity index (χ1n) is 5.76. The Morgan fingerprint density at radius 3 is 2.84 bits per heavy atom. The first-order chi connectivity index (χ1) is 8.20. The molecule has 1 aliphatic heterocycles. The second-order valence-electron chi connectivity index (χ2n) is 4.33. The van der Waals surface area contributed by atoms with Crippen molar-refractivity contribution in [3.63, 3.8) is 0 Å². The normalized spacial score (nSPS) is 17.6. The largest absolute Gasteiger partial charge is 0.337 e. The number of hydrogen-bond donors (Lipinski definition) is 1. The van der Waals surface area contributed by atoms with Gasteiger partial charge in [-0.2, -0.15) is 0 Å². The van der Waals surface area contributed by atoms with Gasteiger partial charge in [-0.05, 0) is 38.1 Å². The highest BCUT2D eigenvalue weighted by Crippen LogP contribution is 2.18. The van der Waals surface area contributed by atoms with Crippen LogP contribution in [0.4, 0.5) is 0 Å². The molecule has 108 valence electrons. The number of aromatic nitrogens is 1. The summed E-state index contributed by atoms with van der Waals surface area (Å²) in [6.07, 6.45) is 2.57. The number of rotatable bonds is 3. The lowest BCUT2D eigenvalue weighted by molar-refractivity contribution is 0.0781. The lowest BCUT2D eigenvalue weighted by atomic mass is 10.1. The molecule has 1 aliphatic rings. The summed E-state index contributed by atoms with van der Waals surface area (Å²) in [6, 6.07) is 3.37. The lowest BCUT2D eigenvalue weighted by Gasteiger charge is -2.15. The second-order valence-corrected chi connectivity index (χ2v) is 4.76. The van der Waals surface area contributed by atoms with Gasteiger partial charge in [0.1, 0.15) is 5.69 Å². The monoisotopic (exact) mass is 325 g/mol. The van der Waals surface area contributed by atoms with Crippen molar-refractivity contribution in [2.75, 3.05) is 26.7 Å². The van der Waals surface area contributed by atoms with Crippen LogP contribution in [0.2, 0.25) is 5.02 Å². The Morgan fingerprint density at radius 2 is 2.26 bits per heavy atom. The fraction of sp³-hybridized carbons (Fsp3) is 0.500. The molecule has 4 nitrogen and oxygen atoms in total. The van der Waals surface area contributed by atoms with E-state index in [0.29, 0.717) is 16.6 Å². The minimum atomic E-state index is 0. The van der Waals surface area contributed by atoms with Crippen molar-refractivity contribution in [1.29, 1.82) is 0 Å². The molecule has 2 rings (SSSR count). The molecule has 1 saturated heterocycles. The quantitative estimate of drug-likeness (QED) is 0.927. The van der Waals surface area contributed by atoms with E-state index < -0.39 is 0 Å². The molecular formula is C12H18Cl3N3O. The van der Waals surface area contributed by atoms with E-state index in [4.69, 9.17) is 11.6 Å². The molecule has 1 fully saturated rings. The van der Waals surface area contributed by atoms with Crippen LogP contribution < -0.4 is 5.32 Å². The molecule has 0 bridgehead atoms. The van der Waals surface area contributed by atoms with Crippen LogP contribution in [0.25, 0.3) is 0 Å². The van der Waals surface area contributed by atoms with Gasteiger partial charge < -0.3 is 10.2 Å². The zero-order chi connectivity index (χ0) is 12.3. The summed E-state index contributed by atoms with van der Waals surface area (Å²) in [6.45, 7) is 2.58. The third-order valence-corrected chi connectivity index (χ3v) is 3.24. The summed E-state index contributed by atoms with van der Waals surface area (Å²) < 4.78 is 0. The summed E-state index contributed by atoms with van der Waals surface area (Å²) >= 11 is 5.74. The van der Waals surface area contributed by atoms with Crippen LogP contribution in [0.3, 0.4) is 0 Å². The Balaban J connectivity index is 0.00000162. The molecule has 1 aromatic rings. The molecule has 1 atom stereocenters. The maximum absolute atomic E-state index is 12.1. The first kappa shape index (κ1) is 18.4. The molecule has 0 spiro atoms. The van der Waals surface area contributed by atoms with E-state index in [-0.39, 0.29) is 30.7 Å². The minimum absolute atomic E-state index is 0. The van der Waals surface area contributed by atoms with Crippen molar-refractivity contribution in [3.05, 3.63) is 29.0 Å². The van der Waals surface area contributed by atoms with Gasteiger partial charge in [-0.15, -0.1) is 24.8 Å². The molecule has 0 saturated carbocycles.